The summed E-state index contributed by atoms with van der Waals surface area (Å²) in [6.07, 6.45) is 1.57. The van der Waals surface area contributed by atoms with E-state index < -0.39 is 5.97 Å². The van der Waals surface area contributed by atoms with Crippen molar-refractivity contribution >= 4 is 52.6 Å². The van der Waals surface area contributed by atoms with Gasteiger partial charge in [0.15, 0.2) is 9.67 Å². The summed E-state index contributed by atoms with van der Waals surface area (Å²) in [6, 6.07) is 5.13. The first-order valence-electron chi connectivity index (χ1n) is 6.14. The maximum atomic E-state index is 11.4. The normalized spacial score (nSPS) is 14.8. The summed E-state index contributed by atoms with van der Waals surface area (Å²) in [4.78, 5) is 18.6. The molecule has 8 heteroatoms. The topological polar surface area (TPSA) is 94.9 Å². The van der Waals surface area contributed by atoms with Gasteiger partial charge in [0.2, 0.25) is 5.88 Å². The number of nitrogens with one attached hydrogen (secondary N) is 1. The van der Waals surface area contributed by atoms with Crippen LogP contribution in [-0.4, -0.2) is 34.0 Å². The lowest BCUT2D eigenvalue weighted by Crippen LogP contribution is -2.11. The first-order valence-corrected chi connectivity index (χ1v) is 7.36. The predicted octanol–water partition coefficient (Wildman–Crippen LogP) is 3.23. The lowest BCUT2D eigenvalue weighted by molar-refractivity contribution is -0.129. The number of fused-ring (bicyclic) bond motifs is 1. The van der Waals surface area contributed by atoms with Gasteiger partial charge in [0.1, 0.15) is 5.75 Å². The fourth-order valence-electron chi connectivity index (χ4n) is 2.14. The minimum atomic E-state index is -1.14. The Hall–Kier alpha value is -2.45. The first-order chi connectivity index (χ1) is 10.5. The summed E-state index contributed by atoms with van der Waals surface area (Å²) in [5.41, 5.74) is 1.52. The van der Waals surface area contributed by atoms with E-state index in [1.165, 1.54) is 7.11 Å². The molecule has 0 radical (unpaired) electrons. The molecule has 0 saturated heterocycles. The van der Waals surface area contributed by atoms with Gasteiger partial charge < -0.3 is 19.9 Å². The van der Waals surface area contributed by atoms with Gasteiger partial charge in [-0.25, -0.2) is 9.79 Å². The molecule has 22 heavy (non-hydrogen) atoms. The van der Waals surface area contributed by atoms with Gasteiger partial charge in [-0.3, -0.25) is 0 Å². The van der Waals surface area contributed by atoms with Gasteiger partial charge in [0.25, 0.3) is 0 Å². The zero-order valence-corrected chi connectivity index (χ0v) is 12.9. The van der Waals surface area contributed by atoms with Crippen LogP contribution < -0.4 is 4.74 Å². The molecule has 0 spiro atoms. The zero-order chi connectivity index (χ0) is 15.9. The van der Waals surface area contributed by atoms with Gasteiger partial charge in [0, 0.05) is 17.2 Å². The second-order valence-corrected chi connectivity index (χ2v) is 6.15. The van der Waals surface area contributed by atoms with Crippen molar-refractivity contribution in [3.8, 4) is 11.6 Å². The Labute approximate surface area is 134 Å². The number of H-pyrrole nitrogens is 1. The minimum absolute atomic E-state index is 0.0815. The number of aromatic nitrogens is 1. The molecule has 0 saturated carbocycles. The van der Waals surface area contributed by atoms with E-state index >= 15 is 0 Å². The molecule has 0 atom stereocenters. The summed E-state index contributed by atoms with van der Waals surface area (Å²) in [5, 5.41) is 19.1. The van der Waals surface area contributed by atoms with Crippen molar-refractivity contribution in [2.45, 2.75) is 0 Å². The number of hydrogen-bond acceptors (Lipinski definition) is 6. The lowest BCUT2D eigenvalue weighted by Gasteiger charge is -2.03. The quantitative estimate of drug-likeness (QED) is 0.749. The second kappa shape index (κ2) is 5.39. The number of aromatic amines is 1. The standard InChI is InChI=1S/C14H10N2O4S2/c1-20-6-2-3-7-8(5-10-12(17)16-14(21)22-10)11(13(18)19)15-9(7)4-6/h2-5,17H,1H3,(H,16,21)(H,18,19)/b8-5+. The number of aliphatic carboxylic acids is 1. The van der Waals surface area contributed by atoms with E-state index in [0.717, 1.165) is 11.3 Å². The summed E-state index contributed by atoms with van der Waals surface area (Å²) in [7, 11) is 1.53. The molecule has 1 aliphatic rings. The SMILES string of the molecule is COc1ccc2c(c1)N=C(C(=O)O)/C2=C/c1sc(=S)[nH]c1O. The van der Waals surface area contributed by atoms with Crippen LogP contribution in [0, 0.1) is 3.95 Å². The Morgan fingerprint density at radius 3 is 2.86 bits per heavy atom. The molecule has 0 aliphatic carbocycles. The monoisotopic (exact) mass is 334 g/mol. The third-order valence-electron chi connectivity index (χ3n) is 3.12. The molecular weight excluding hydrogens is 324 g/mol. The summed E-state index contributed by atoms with van der Waals surface area (Å²) in [5.74, 6) is -0.636. The second-order valence-electron chi connectivity index (χ2n) is 4.43. The number of hydrogen-bond donors (Lipinski definition) is 3. The maximum absolute atomic E-state index is 11.4. The summed E-state index contributed by atoms with van der Waals surface area (Å²) in [6.45, 7) is 0. The Balaban J connectivity index is 2.18. The van der Waals surface area contributed by atoms with Gasteiger partial charge in [-0.1, -0.05) is 0 Å². The number of carboxylic acid groups (broad SMARTS) is 1. The fourth-order valence-corrected chi connectivity index (χ4v) is 3.17. The van der Waals surface area contributed by atoms with Crippen LogP contribution in [0.2, 0.25) is 0 Å². The van der Waals surface area contributed by atoms with E-state index in [1.54, 1.807) is 24.3 Å². The number of ether oxygens (including phenoxy) is 1. The Morgan fingerprint density at radius 1 is 1.50 bits per heavy atom. The molecule has 112 valence electrons. The number of thiazole rings is 1. The van der Waals surface area contributed by atoms with Crippen molar-refractivity contribution in [3.63, 3.8) is 0 Å². The summed E-state index contributed by atoms with van der Waals surface area (Å²) < 4.78 is 5.53. The maximum Gasteiger partial charge on any atom is 0.355 e. The van der Waals surface area contributed by atoms with Crippen LogP contribution in [0.4, 0.5) is 5.69 Å². The molecule has 1 aromatic heterocycles. The third kappa shape index (κ3) is 2.42. The molecule has 0 amide bonds. The average molecular weight is 334 g/mol. The number of rotatable bonds is 3. The van der Waals surface area contributed by atoms with Gasteiger partial charge >= 0.3 is 5.97 Å². The number of benzene rings is 1. The number of nitrogens with zero attached hydrogens (tertiary/aromatic N) is 1. The van der Waals surface area contributed by atoms with Crippen LogP contribution in [0.15, 0.2) is 23.2 Å². The van der Waals surface area contributed by atoms with Crippen molar-refractivity contribution in [3.05, 3.63) is 32.6 Å². The van der Waals surface area contributed by atoms with E-state index in [1.807, 2.05) is 0 Å². The molecule has 1 aliphatic heterocycles. The van der Waals surface area contributed by atoms with Crippen molar-refractivity contribution in [2.75, 3.05) is 7.11 Å². The number of aliphatic imine (C=N–C) groups is 1. The van der Waals surface area contributed by atoms with Crippen molar-refractivity contribution in [2.24, 2.45) is 4.99 Å². The molecule has 1 aromatic carbocycles. The highest BCUT2D eigenvalue weighted by atomic mass is 32.1. The van der Waals surface area contributed by atoms with Gasteiger partial charge in [-0.05, 0) is 30.4 Å². The largest absolute Gasteiger partial charge is 0.497 e. The molecule has 3 N–H and O–H groups in total. The van der Waals surface area contributed by atoms with Crippen LogP contribution in [0.1, 0.15) is 10.4 Å². The van der Waals surface area contributed by atoms with E-state index in [4.69, 9.17) is 17.0 Å². The molecule has 6 nitrogen and oxygen atoms in total. The highest BCUT2D eigenvalue weighted by Gasteiger charge is 2.27. The van der Waals surface area contributed by atoms with Crippen molar-refractivity contribution < 1.29 is 19.7 Å². The number of carboxylic acids is 1. The van der Waals surface area contributed by atoms with E-state index in [9.17, 15) is 15.0 Å². The van der Waals surface area contributed by atoms with Gasteiger partial charge in [0.05, 0.1) is 17.7 Å². The van der Waals surface area contributed by atoms with Crippen LogP contribution in [0.5, 0.6) is 11.6 Å². The van der Waals surface area contributed by atoms with E-state index in [0.29, 0.717) is 31.4 Å². The number of carbonyl (C=O) groups is 1. The Bertz CT molecular complexity index is 892. The minimum Gasteiger partial charge on any atom is -0.497 e. The molecule has 0 fully saturated rings. The van der Waals surface area contributed by atoms with Gasteiger partial charge in [-0.15, -0.1) is 11.3 Å². The van der Waals surface area contributed by atoms with Crippen LogP contribution in [0.25, 0.3) is 11.6 Å². The molecule has 0 unspecified atom stereocenters. The van der Waals surface area contributed by atoms with E-state index in [2.05, 4.69) is 9.98 Å². The highest BCUT2D eigenvalue weighted by Crippen LogP contribution is 2.39. The molecule has 2 aromatic rings. The molecule has 3 rings (SSSR count). The van der Waals surface area contributed by atoms with E-state index in [-0.39, 0.29) is 11.6 Å². The summed E-state index contributed by atoms with van der Waals surface area (Å²) >= 11 is 6.12. The smallest absolute Gasteiger partial charge is 0.355 e. The number of methoxy groups -OCH3 is 1. The molecular formula is C14H10N2O4S2. The van der Waals surface area contributed by atoms with Crippen molar-refractivity contribution in [1.29, 1.82) is 0 Å². The Morgan fingerprint density at radius 2 is 2.27 bits per heavy atom. The lowest BCUT2D eigenvalue weighted by atomic mass is 10.0. The van der Waals surface area contributed by atoms with Crippen LogP contribution in [0.3, 0.4) is 0 Å². The van der Waals surface area contributed by atoms with Crippen LogP contribution in [-0.2, 0) is 4.79 Å². The first kappa shape index (κ1) is 14.5. The zero-order valence-electron chi connectivity index (χ0n) is 11.3. The molecule has 2 heterocycles. The fraction of sp³-hybridized carbons (Fsp3) is 0.0714. The third-order valence-corrected chi connectivity index (χ3v) is 4.29. The molecule has 0 bridgehead atoms. The Kier molecular flexibility index (Phi) is 3.55. The number of aromatic hydroxyl groups is 1. The van der Waals surface area contributed by atoms with Crippen LogP contribution >= 0.6 is 23.6 Å². The van der Waals surface area contributed by atoms with Gasteiger partial charge in [-0.2, -0.15) is 0 Å². The predicted molar refractivity (Wildman–Crippen MR) is 86.8 cm³/mol. The highest BCUT2D eigenvalue weighted by molar-refractivity contribution is 7.73. The van der Waals surface area contributed by atoms with Crippen molar-refractivity contribution in [1.82, 2.24) is 4.98 Å². The average Bonchev–Trinajstić information content (AvgIpc) is 2.99.